The topological polar surface area (TPSA) is 58.4 Å². The van der Waals surface area contributed by atoms with Gasteiger partial charge >= 0.3 is 0 Å². The number of rotatable bonds is 2. The van der Waals surface area contributed by atoms with Crippen LogP contribution >= 0.6 is 23.2 Å². The van der Waals surface area contributed by atoms with E-state index in [4.69, 9.17) is 23.2 Å². The van der Waals surface area contributed by atoms with E-state index < -0.39 is 4.92 Å². The first-order chi connectivity index (χ1) is 8.49. The average molecular weight is 290 g/mol. The number of hydrogen-bond acceptors (Lipinski definition) is 4. The molecule has 2 rings (SSSR count). The Morgan fingerprint density at radius 2 is 2.11 bits per heavy atom. The lowest BCUT2D eigenvalue weighted by Gasteiger charge is -2.33. The van der Waals surface area contributed by atoms with Gasteiger partial charge in [-0.15, -0.1) is 0 Å². The van der Waals surface area contributed by atoms with Gasteiger partial charge in [0.15, 0.2) is 0 Å². The molecule has 98 valence electrons. The van der Waals surface area contributed by atoms with E-state index in [9.17, 15) is 10.1 Å². The normalized spacial score (nSPS) is 19.9. The van der Waals surface area contributed by atoms with Crippen LogP contribution in [-0.2, 0) is 0 Å². The fourth-order valence-electron chi connectivity index (χ4n) is 2.08. The zero-order valence-electron chi connectivity index (χ0n) is 9.82. The van der Waals surface area contributed by atoms with Crippen LogP contribution in [-0.4, -0.2) is 30.6 Å². The lowest BCUT2D eigenvalue weighted by atomic mass is 10.2. The minimum atomic E-state index is -0.426. The molecule has 1 aliphatic rings. The van der Waals surface area contributed by atoms with E-state index in [1.807, 2.05) is 11.8 Å². The maximum Gasteiger partial charge on any atom is 0.294 e. The number of benzene rings is 1. The Labute approximate surface area is 115 Å². The van der Waals surface area contributed by atoms with Crippen LogP contribution in [0.1, 0.15) is 6.92 Å². The molecule has 0 amide bonds. The van der Waals surface area contributed by atoms with Crippen LogP contribution in [0.2, 0.25) is 10.0 Å². The molecule has 5 nitrogen and oxygen atoms in total. The molecular weight excluding hydrogens is 277 g/mol. The molecule has 1 aromatic rings. The Kier molecular flexibility index (Phi) is 3.94. The third kappa shape index (κ3) is 2.68. The lowest BCUT2D eigenvalue weighted by molar-refractivity contribution is -0.384. The van der Waals surface area contributed by atoms with Crippen LogP contribution < -0.4 is 10.2 Å². The fourth-order valence-corrected chi connectivity index (χ4v) is 2.39. The third-order valence-electron chi connectivity index (χ3n) is 2.92. The number of piperazine rings is 1. The summed E-state index contributed by atoms with van der Waals surface area (Å²) in [6, 6.07) is 3.17. The lowest BCUT2D eigenvalue weighted by Crippen LogP contribution is -2.49. The SMILES string of the molecule is C[C@@H]1CN(c2cc(Cl)c(Cl)cc2[N+](=O)[O-])CCN1. The summed E-state index contributed by atoms with van der Waals surface area (Å²) in [5.41, 5.74) is 0.529. The van der Waals surface area contributed by atoms with Crippen molar-refractivity contribution in [2.24, 2.45) is 0 Å². The van der Waals surface area contributed by atoms with Crippen molar-refractivity contribution in [3.05, 3.63) is 32.3 Å². The van der Waals surface area contributed by atoms with Gasteiger partial charge in [-0.25, -0.2) is 0 Å². The standard InChI is InChI=1S/C11H13Cl2N3O2/c1-7-6-15(3-2-14-7)10-4-8(12)9(13)5-11(10)16(17)18/h4-5,7,14H,2-3,6H2,1H3/t7-/m1/s1. The summed E-state index contributed by atoms with van der Waals surface area (Å²) in [5.74, 6) is 0. The van der Waals surface area contributed by atoms with Gasteiger partial charge < -0.3 is 10.2 Å². The molecule has 0 bridgehead atoms. The highest BCUT2D eigenvalue weighted by Crippen LogP contribution is 2.36. The summed E-state index contributed by atoms with van der Waals surface area (Å²) in [4.78, 5) is 12.6. The molecule has 0 aliphatic carbocycles. The number of nitrogens with zero attached hydrogens (tertiary/aromatic N) is 2. The second-order valence-electron chi connectivity index (χ2n) is 4.31. The van der Waals surface area contributed by atoms with Crippen molar-refractivity contribution < 1.29 is 4.92 Å². The minimum Gasteiger partial charge on any atom is -0.363 e. The van der Waals surface area contributed by atoms with Gasteiger partial charge in [0.25, 0.3) is 5.69 Å². The molecular formula is C11H13Cl2N3O2. The van der Waals surface area contributed by atoms with Crippen molar-refractivity contribution in [3.8, 4) is 0 Å². The van der Waals surface area contributed by atoms with Gasteiger partial charge in [0, 0.05) is 31.7 Å². The van der Waals surface area contributed by atoms with Crippen molar-refractivity contribution in [1.82, 2.24) is 5.32 Å². The first-order valence-corrected chi connectivity index (χ1v) is 6.36. The summed E-state index contributed by atoms with van der Waals surface area (Å²) >= 11 is 11.8. The molecule has 1 atom stereocenters. The van der Waals surface area contributed by atoms with E-state index >= 15 is 0 Å². The molecule has 7 heteroatoms. The molecule has 0 unspecified atom stereocenters. The Balaban J connectivity index is 2.41. The summed E-state index contributed by atoms with van der Waals surface area (Å²) < 4.78 is 0. The van der Waals surface area contributed by atoms with Gasteiger partial charge in [0.1, 0.15) is 5.69 Å². The molecule has 18 heavy (non-hydrogen) atoms. The van der Waals surface area contributed by atoms with Crippen molar-refractivity contribution in [2.75, 3.05) is 24.5 Å². The van der Waals surface area contributed by atoms with Crippen molar-refractivity contribution in [1.29, 1.82) is 0 Å². The first-order valence-electron chi connectivity index (χ1n) is 5.61. The van der Waals surface area contributed by atoms with Crippen LogP contribution in [0, 0.1) is 10.1 Å². The fraction of sp³-hybridized carbons (Fsp3) is 0.455. The van der Waals surface area contributed by atoms with Gasteiger partial charge in [0.05, 0.1) is 15.0 Å². The number of anilines is 1. The number of hydrogen-bond donors (Lipinski definition) is 1. The predicted molar refractivity (Wildman–Crippen MR) is 72.8 cm³/mol. The Hall–Kier alpha value is -1.04. The smallest absolute Gasteiger partial charge is 0.294 e. The highest BCUT2D eigenvalue weighted by atomic mass is 35.5. The highest BCUT2D eigenvalue weighted by molar-refractivity contribution is 6.42. The van der Waals surface area contributed by atoms with Crippen LogP contribution in [0.3, 0.4) is 0 Å². The second kappa shape index (κ2) is 5.30. The summed E-state index contributed by atoms with van der Waals surface area (Å²) in [7, 11) is 0. The van der Waals surface area contributed by atoms with E-state index in [0.29, 0.717) is 23.8 Å². The minimum absolute atomic E-state index is 0.00139. The largest absolute Gasteiger partial charge is 0.363 e. The van der Waals surface area contributed by atoms with Crippen LogP contribution in [0.25, 0.3) is 0 Å². The van der Waals surface area contributed by atoms with E-state index in [-0.39, 0.29) is 16.8 Å². The third-order valence-corrected chi connectivity index (χ3v) is 3.65. The number of nitro benzene ring substituents is 1. The summed E-state index contributed by atoms with van der Waals surface area (Å²) in [6.45, 7) is 4.25. The zero-order chi connectivity index (χ0) is 13.3. The number of halogens is 2. The van der Waals surface area contributed by atoms with Gasteiger partial charge in [-0.3, -0.25) is 10.1 Å². The molecule has 1 saturated heterocycles. The molecule has 1 aromatic carbocycles. The Morgan fingerprint density at radius 3 is 2.72 bits per heavy atom. The molecule has 0 aromatic heterocycles. The van der Waals surface area contributed by atoms with Crippen molar-refractivity contribution >= 4 is 34.6 Å². The van der Waals surface area contributed by atoms with Gasteiger partial charge in [-0.05, 0) is 13.0 Å². The Bertz CT molecular complexity index is 482. The van der Waals surface area contributed by atoms with Crippen LogP contribution in [0.4, 0.5) is 11.4 Å². The summed E-state index contributed by atoms with van der Waals surface area (Å²) in [6.07, 6.45) is 0. The zero-order valence-corrected chi connectivity index (χ0v) is 11.3. The van der Waals surface area contributed by atoms with Gasteiger partial charge in [-0.2, -0.15) is 0 Å². The molecule has 0 spiro atoms. The molecule has 1 aliphatic heterocycles. The molecule has 1 N–H and O–H groups in total. The van der Waals surface area contributed by atoms with E-state index in [2.05, 4.69) is 5.32 Å². The van der Waals surface area contributed by atoms with Gasteiger partial charge in [-0.1, -0.05) is 23.2 Å². The maximum absolute atomic E-state index is 11.1. The molecule has 1 fully saturated rings. The molecule has 0 saturated carbocycles. The molecule has 0 radical (unpaired) electrons. The number of nitrogens with one attached hydrogen (secondary N) is 1. The van der Waals surface area contributed by atoms with Crippen molar-refractivity contribution in [2.45, 2.75) is 13.0 Å². The monoisotopic (exact) mass is 289 g/mol. The second-order valence-corrected chi connectivity index (χ2v) is 5.13. The van der Waals surface area contributed by atoms with Gasteiger partial charge in [0.2, 0.25) is 0 Å². The van der Waals surface area contributed by atoms with Crippen LogP contribution in [0.5, 0.6) is 0 Å². The number of nitro groups is 1. The average Bonchev–Trinajstić information content (AvgIpc) is 2.31. The van der Waals surface area contributed by atoms with E-state index in [1.165, 1.54) is 6.07 Å². The molecule has 1 heterocycles. The Morgan fingerprint density at radius 1 is 1.44 bits per heavy atom. The van der Waals surface area contributed by atoms with Crippen LogP contribution in [0.15, 0.2) is 12.1 Å². The maximum atomic E-state index is 11.1. The predicted octanol–water partition coefficient (Wildman–Crippen LogP) is 2.70. The van der Waals surface area contributed by atoms with Crippen molar-refractivity contribution in [3.63, 3.8) is 0 Å². The quantitative estimate of drug-likeness (QED) is 0.672. The van der Waals surface area contributed by atoms with E-state index in [0.717, 1.165) is 6.54 Å². The first kappa shape index (κ1) is 13.4. The van der Waals surface area contributed by atoms with E-state index in [1.54, 1.807) is 6.07 Å². The summed E-state index contributed by atoms with van der Waals surface area (Å²) in [5, 5.41) is 14.9. The highest BCUT2D eigenvalue weighted by Gasteiger charge is 2.25.